The number of rotatable bonds is 3. The third kappa shape index (κ3) is 2.65. The average Bonchev–Trinajstić information content (AvgIpc) is 2.25. The number of alkyl halides is 6. The smallest absolute Gasteiger partial charge is 0.369 e. The number of hydrogen-bond acceptors (Lipinski definition) is 2. The summed E-state index contributed by atoms with van der Waals surface area (Å²) in [5.74, 6) is 0. The van der Waals surface area contributed by atoms with Gasteiger partial charge in [0.15, 0.2) is 0 Å². The molecule has 3 nitrogen and oxygen atoms in total. The molecule has 0 saturated carbocycles. The van der Waals surface area contributed by atoms with Crippen LogP contribution in [-0.2, 0) is 10.4 Å². The quantitative estimate of drug-likeness (QED) is 0.663. The fraction of sp³-hybridized carbons (Fsp3) is 0.300. The van der Waals surface area contributed by atoms with Gasteiger partial charge < -0.3 is 10.4 Å². The molecule has 19 heavy (non-hydrogen) atoms. The first-order valence-corrected chi connectivity index (χ1v) is 4.70. The van der Waals surface area contributed by atoms with Gasteiger partial charge in [0.25, 0.3) is 5.60 Å². The molecule has 0 aromatic heterocycles. The van der Waals surface area contributed by atoms with Crippen molar-refractivity contribution in [1.82, 2.24) is 0 Å². The predicted octanol–water partition coefficient (Wildman–Crippen LogP) is 2.57. The third-order valence-electron chi connectivity index (χ3n) is 2.33. The van der Waals surface area contributed by atoms with Gasteiger partial charge in [0.1, 0.15) is 0 Å². The Kier molecular flexibility index (Phi) is 3.80. The van der Waals surface area contributed by atoms with E-state index in [1.165, 1.54) is 0 Å². The van der Waals surface area contributed by atoms with Crippen LogP contribution in [0, 0.1) is 0 Å². The van der Waals surface area contributed by atoms with Gasteiger partial charge in [-0.25, -0.2) is 0 Å². The van der Waals surface area contributed by atoms with Gasteiger partial charge in [0.05, 0.1) is 0 Å². The van der Waals surface area contributed by atoms with Gasteiger partial charge in [-0.15, -0.1) is 0 Å². The molecule has 0 fully saturated rings. The molecule has 1 amide bonds. The van der Waals surface area contributed by atoms with Crippen LogP contribution in [0.3, 0.4) is 0 Å². The summed E-state index contributed by atoms with van der Waals surface area (Å²) < 4.78 is 75.3. The van der Waals surface area contributed by atoms with E-state index in [4.69, 9.17) is 5.11 Å². The maximum absolute atomic E-state index is 12.5. The van der Waals surface area contributed by atoms with Crippen molar-refractivity contribution in [2.75, 3.05) is 5.32 Å². The van der Waals surface area contributed by atoms with Gasteiger partial charge in [0.2, 0.25) is 6.41 Å². The maximum atomic E-state index is 12.5. The Morgan fingerprint density at radius 2 is 1.58 bits per heavy atom. The van der Waals surface area contributed by atoms with Crippen LogP contribution >= 0.6 is 0 Å². The van der Waals surface area contributed by atoms with Crippen molar-refractivity contribution in [3.05, 3.63) is 29.8 Å². The molecule has 0 spiro atoms. The molecule has 0 aliphatic heterocycles. The van der Waals surface area contributed by atoms with E-state index >= 15 is 0 Å². The number of halogens is 6. The second-order valence-corrected chi connectivity index (χ2v) is 3.55. The molecule has 0 aliphatic rings. The van der Waals surface area contributed by atoms with E-state index in [1.807, 2.05) is 5.32 Å². The van der Waals surface area contributed by atoms with Gasteiger partial charge in [-0.3, -0.25) is 4.79 Å². The van der Waals surface area contributed by atoms with Gasteiger partial charge in [-0.1, -0.05) is 12.1 Å². The fourth-order valence-electron chi connectivity index (χ4n) is 1.39. The van der Waals surface area contributed by atoms with E-state index in [9.17, 15) is 31.1 Å². The molecule has 1 rings (SSSR count). The van der Waals surface area contributed by atoms with Gasteiger partial charge in [-0.2, -0.15) is 26.3 Å². The van der Waals surface area contributed by atoms with Gasteiger partial charge in [0, 0.05) is 11.3 Å². The Morgan fingerprint density at radius 3 is 2.00 bits per heavy atom. The first-order chi connectivity index (χ1) is 8.54. The molecule has 106 valence electrons. The summed E-state index contributed by atoms with van der Waals surface area (Å²) >= 11 is 0. The van der Waals surface area contributed by atoms with Crippen LogP contribution in [0.15, 0.2) is 24.3 Å². The Labute approximate surface area is 102 Å². The summed E-state index contributed by atoms with van der Waals surface area (Å²) in [5, 5.41) is 11.0. The molecule has 0 bridgehead atoms. The lowest BCUT2D eigenvalue weighted by molar-refractivity contribution is -0.376. The topological polar surface area (TPSA) is 49.3 Å². The summed E-state index contributed by atoms with van der Waals surface area (Å²) in [7, 11) is 0. The number of hydrogen-bond donors (Lipinski definition) is 2. The zero-order chi connectivity index (χ0) is 14.9. The predicted molar refractivity (Wildman–Crippen MR) is 52.1 cm³/mol. The Morgan fingerprint density at radius 1 is 1.05 bits per heavy atom. The molecule has 0 aliphatic carbocycles. The lowest BCUT2D eigenvalue weighted by Crippen LogP contribution is -2.53. The lowest BCUT2D eigenvalue weighted by Gasteiger charge is -2.32. The van der Waals surface area contributed by atoms with Crippen molar-refractivity contribution >= 4 is 12.1 Å². The number of anilines is 1. The molecule has 2 N–H and O–H groups in total. The van der Waals surface area contributed by atoms with Crippen molar-refractivity contribution in [3.63, 3.8) is 0 Å². The number of carbonyl (C=O) groups is 1. The zero-order valence-corrected chi connectivity index (χ0v) is 9.01. The van der Waals surface area contributed by atoms with Crippen LogP contribution in [0.4, 0.5) is 32.0 Å². The van der Waals surface area contributed by atoms with E-state index in [1.54, 1.807) is 0 Å². The highest BCUT2D eigenvalue weighted by molar-refractivity contribution is 5.71. The molecule has 0 radical (unpaired) electrons. The number of carbonyl (C=O) groups excluding carboxylic acids is 1. The molecule has 0 saturated heterocycles. The van der Waals surface area contributed by atoms with E-state index in [2.05, 4.69) is 0 Å². The molecule has 0 unspecified atom stereocenters. The van der Waals surface area contributed by atoms with E-state index in [0.717, 1.165) is 12.1 Å². The first-order valence-electron chi connectivity index (χ1n) is 4.70. The minimum Gasteiger partial charge on any atom is -0.369 e. The molecular formula is C10H7F6NO2. The molecule has 0 heterocycles. The SMILES string of the molecule is O=CNc1cccc(C(O)(C(F)(F)F)C(F)(F)F)c1. The Bertz CT molecular complexity index is 454. The normalized spacial score (nSPS) is 13.2. The van der Waals surface area contributed by atoms with Crippen LogP contribution in [0.1, 0.15) is 5.56 Å². The summed E-state index contributed by atoms with van der Waals surface area (Å²) in [5.41, 5.74) is -6.74. The largest absolute Gasteiger partial charge is 0.430 e. The van der Waals surface area contributed by atoms with Crippen molar-refractivity contribution in [1.29, 1.82) is 0 Å². The van der Waals surface area contributed by atoms with Crippen LogP contribution in [0.25, 0.3) is 0 Å². The zero-order valence-electron chi connectivity index (χ0n) is 9.01. The van der Waals surface area contributed by atoms with Crippen LogP contribution in [-0.4, -0.2) is 23.9 Å². The lowest BCUT2D eigenvalue weighted by atomic mass is 9.92. The monoisotopic (exact) mass is 287 g/mol. The minimum absolute atomic E-state index is 0.0827. The number of benzene rings is 1. The number of amides is 1. The van der Waals surface area contributed by atoms with E-state index in [-0.39, 0.29) is 12.1 Å². The summed E-state index contributed by atoms with van der Waals surface area (Å²) in [6.45, 7) is 0. The highest BCUT2D eigenvalue weighted by Gasteiger charge is 2.71. The summed E-state index contributed by atoms with van der Waals surface area (Å²) in [4.78, 5) is 10.1. The van der Waals surface area contributed by atoms with Crippen molar-refractivity contribution < 1.29 is 36.2 Å². The van der Waals surface area contributed by atoms with Crippen molar-refractivity contribution in [2.24, 2.45) is 0 Å². The Balaban J connectivity index is 3.43. The summed E-state index contributed by atoms with van der Waals surface area (Å²) in [6, 6.07) is 2.79. The third-order valence-corrected chi connectivity index (χ3v) is 2.33. The maximum Gasteiger partial charge on any atom is 0.430 e. The minimum atomic E-state index is -5.95. The fourth-order valence-corrected chi connectivity index (χ4v) is 1.39. The first kappa shape index (κ1) is 15.3. The molecule has 0 atom stereocenters. The molecule has 1 aromatic carbocycles. The number of aliphatic hydroxyl groups is 1. The second-order valence-electron chi connectivity index (χ2n) is 3.55. The van der Waals surface area contributed by atoms with E-state index < -0.39 is 23.5 Å². The second kappa shape index (κ2) is 4.72. The van der Waals surface area contributed by atoms with Crippen LogP contribution in [0.5, 0.6) is 0 Å². The molecular weight excluding hydrogens is 280 g/mol. The van der Waals surface area contributed by atoms with Gasteiger partial charge in [-0.05, 0) is 12.1 Å². The highest BCUT2D eigenvalue weighted by atomic mass is 19.4. The van der Waals surface area contributed by atoms with Gasteiger partial charge >= 0.3 is 12.4 Å². The Hall–Kier alpha value is -1.77. The van der Waals surface area contributed by atoms with E-state index in [0.29, 0.717) is 12.1 Å². The highest BCUT2D eigenvalue weighted by Crippen LogP contribution is 2.50. The molecule has 9 heteroatoms. The standard InChI is InChI=1S/C10H7F6NO2/c11-9(12,13)8(19,10(14,15)16)6-2-1-3-7(4-6)17-5-18/h1-5,19H,(H,17,18). The average molecular weight is 287 g/mol. The van der Waals surface area contributed by atoms with Crippen molar-refractivity contribution in [2.45, 2.75) is 18.0 Å². The van der Waals surface area contributed by atoms with Crippen molar-refractivity contribution in [3.8, 4) is 0 Å². The van der Waals surface area contributed by atoms with Crippen LogP contribution in [0.2, 0.25) is 0 Å². The number of nitrogens with one attached hydrogen (secondary N) is 1. The van der Waals surface area contributed by atoms with Crippen LogP contribution < -0.4 is 5.32 Å². The molecule has 1 aromatic rings. The summed E-state index contributed by atoms with van der Waals surface area (Å²) in [6.07, 6.45) is -11.8.